The summed E-state index contributed by atoms with van der Waals surface area (Å²) >= 11 is 0. The number of aliphatic hydroxyl groups is 1. The van der Waals surface area contributed by atoms with E-state index in [1.165, 1.54) is 6.07 Å². The molecule has 1 heterocycles. The molecule has 0 aliphatic carbocycles. The van der Waals surface area contributed by atoms with Gasteiger partial charge in [-0.1, -0.05) is 12.1 Å². The van der Waals surface area contributed by atoms with Gasteiger partial charge in [0.15, 0.2) is 0 Å². The Kier molecular flexibility index (Phi) is 3.57. The van der Waals surface area contributed by atoms with Crippen molar-refractivity contribution < 1.29 is 15.0 Å². The van der Waals surface area contributed by atoms with Gasteiger partial charge in [-0.15, -0.1) is 0 Å². The first-order chi connectivity index (χ1) is 8.49. The van der Waals surface area contributed by atoms with Crippen LogP contribution in [0.5, 0.6) is 5.75 Å². The van der Waals surface area contributed by atoms with Crippen LogP contribution in [0.1, 0.15) is 36.5 Å². The maximum Gasteiger partial charge on any atom is 0.257 e. The number of rotatable bonds is 1. The molecular formula is C14H19NO3. The maximum atomic E-state index is 12.3. The highest BCUT2D eigenvalue weighted by molar-refractivity contribution is 5.96. The second kappa shape index (κ2) is 4.98. The van der Waals surface area contributed by atoms with E-state index in [0.29, 0.717) is 31.5 Å². The van der Waals surface area contributed by atoms with Crippen molar-refractivity contribution in [3.8, 4) is 5.75 Å². The monoisotopic (exact) mass is 249 g/mol. The molecule has 1 aliphatic heterocycles. The van der Waals surface area contributed by atoms with Gasteiger partial charge in [-0.05, 0) is 38.3 Å². The fourth-order valence-electron chi connectivity index (χ4n) is 2.29. The van der Waals surface area contributed by atoms with Gasteiger partial charge in [0.25, 0.3) is 5.91 Å². The van der Waals surface area contributed by atoms with Crippen LogP contribution in [0.3, 0.4) is 0 Å². The summed E-state index contributed by atoms with van der Waals surface area (Å²) in [6.45, 7) is 2.96. The second-order valence-electron chi connectivity index (χ2n) is 5.16. The van der Waals surface area contributed by atoms with E-state index in [1.807, 2.05) is 0 Å². The van der Waals surface area contributed by atoms with E-state index in [9.17, 15) is 15.0 Å². The van der Waals surface area contributed by atoms with E-state index < -0.39 is 5.60 Å². The average molecular weight is 249 g/mol. The predicted molar refractivity (Wildman–Crippen MR) is 68.5 cm³/mol. The molecule has 1 saturated heterocycles. The van der Waals surface area contributed by atoms with Gasteiger partial charge in [-0.2, -0.15) is 0 Å². The third-order valence-electron chi connectivity index (χ3n) is 3.49. The van der Waals surface area contributed by atoms with Crippen LogP contribution in [0.25, 0.3) is 0 Å². The molecule has 0 aromatic heterocycles. The van der Waals surface area contributed by atoms with E-state index in [0.717, 1.165) is 6.42 Å². The Morgan fingerprint density at radius 2 is 2.00 bits per heavy atom. The van der Waals surface area contributed by atoms with Crippen LogP contribution in [0.4, 0.5) is 0 Å². The molecule has 1 aromatic carbocycles. The van der Waals surface area contributed by atoms with Gasteiger partial charge in [0, 0.05) is 13.1 Å². The van der Waals surface area contributed by atoms with E-state index in [-0.39, 0.29) is 11.7 Å². The van der Waals surface area contributed by atoms with Gasteiger partial charge in [-0.25, -0.2) is 0 Å². The molecule has 0 radical (unpaired) electrons. The standard InChI is InChI=1S/C14H19NO3/c1-14(18)7-4-9-15(10-8-14)13(17)11-5-2-3-6-12(11)16/h2-3,5-6,16,18H,4,7-10H2,1H3. The summed E-state index contributed by atoms with van der Waals surface area (Å²) < 4.78 is 0. The number of carbonyl (C=O) groups is 1. The van der Waals surface area contributed by atoms with Crippen LogP contribution in [0, 0.1) is 0 Å². The number of benzene rings is 1. The van der Waals surface area contributed by atoms with Crippen LogP contribution < -0.4 is 0 Å². The van der Waals surface area contributed by atoms with Crippen molar-refractivity contribution in [2.75, 3.05) is 13.1 Å². The highest BCUT2D eigenvalue weighted by Crippen LogP contribution is 2.24. The molecule has 1 aliphatic rings. The summed E-state index contributed by atoms with van der Waals surface area (Å²) in [5.41, 5.74) is -0.354. The predicted octanol–water partition coefficient (Wildman–Crippen LogP) is 1.77. The molecule has 2 rings (SSSR count). The number of likely N-dealkylation sites (tertiary alicyclic amines) is 1. The third-order valence-corrected chi connectivity index (χ3v) is 3.49. The highest BCUT2D eigenvalue weighted by Gasteiger charge is 2.28. The van der Waals surface area contributed by atoms with Crippen molar-refractivity contribution in [1.82, 2.24) is 4.90 Å². The molecular weight excluding hydrogens is 230 g/mol. The molecule has 1 aromatic rings. The van der Waals surface area contributed by atoms with Crippen molar-refractivity contribution in [2.45, 2.75) is 31.8 Å². The normalized spacial score (nSPS) is 24.7. The van der Waals surface area contributed by atoms with Gasteiger partial charge in [0.1, 0.15) is 5.75 Å². The molecule has 1 amide bonds. The molecule has 1 atom stereocenters. The molecule has 0 spiro atoms. The van der Waals surface area contributed by atoms with E-state index >= 15 is 0 Å². The minimum Gasteiger partial charge on any atom is -0.507 e. The lowest BCUT2D eigenvalue weighted by molar-refractivity contribution is 0.0437. The van der Waals surface area contributed by atoms with Crippen LogP contribution in [-0.4, -0.2) is 39.7 Å². The van der Waals surface area contributed by atoms with Crippen molar-refractivity contribution in [3.63, 3.8) is 0 Å². The van der Waals surface area contributed by atoms with Gasteiger partial charge in [0.05, 0.1) is 11.2 Å². The fraction of sp³-hybridized carbons (Fsp3) is 0.500. The first-order valence-corrected chi connectivity index (χ1v) is 6.29. The summed E-state index contributed by atoms with van der Waals surface area (Å²) in [5.74, 6) is -0.149. The topological polar surface area (TPSA) is 60.8 Å². The van der Waals surface area contributed by atoms with Crippen LogP contribution in [0.15, 0.2) is 24.3 Å². The Balaban J connectivity index is 2.13. The molecule has 98 valence electrons. The molecule has 4 heteroatoms. The molecule has 2 N–H and O–H groups in total. The highest BCUT2D eigenvalue weighted by atomic mass is 16.3. The van der Waals surface area contributed by atoms with Crippen molar-refractivity contribution >= 4 is 5.91 Å². The smallest absolute Gasteiger partial charge is 0.257 e. The number of amides is 1. The minimum absolute atomic E-state index is 0.0125. The number of carbonyl (C=O) groups excluding carboxylic acids is 1. The number of aromatic hydroxyl groups is 1. The van der Waals surface area contributed by atoms with Gasteiger partial charge < -0.3 is 15.1 Å². The Morgan fingerprint density at radius 1 is 1.28 bits per heavy atom. The van der Waals surface area contributed by atoms with Crippen molar-refractivity contribution in [1.29, 1.82) is 0 Å². The summed E-state index contributed by atoms with van der Waals surface area (Å²) in [4.78, 5) is 14.0. The molecule has 1 fully saturated rings. The molecule has 1 unspecified atom stereocenters. The lowest BCUT2D eigenvalue weighted by Gasteiger charge is -2.22. The fourth-order valence-corrected chi connectivity index (χ4v) is 2.29. The maximum absolute atomic E-state index is 12.3. The zero-order chi connectivity index (χ0) is 13.2. The number of hydrogen-bond acceptors (Lipinski definition) is 3. The van der Waals surface area contributed by atoms with Crippen LogP contribution in [-0.2, 0) is 0 Å². The van der Waals surface area contributed by atoms with Crippen molar-refractivity contribution in [2.24, 2.45) is 0 Å². The number of para-hydroxylation sites is 1. The number of phenolic OH excluding ortho intramolecular Hbond substituents is 1. The zero-order valence-electron chi connectivity index (χ0n) is 10.6. The first kappa shape index (κ1) is 12.9. The van der Waals surface area contributed by atoms with E-state index in [4.69, 9.17) is 0 Å². The molecule has 4 nitrogen and oxygen atoms in total. The number of hydrogen-bond donors (Lipinski definition) is 2. The SMILES string of the molecule is CC1(O)CCCN(C(=O)c2ccccc2O)CC1. The number of phenols is 1. The average Bonchev–Trinajstić information content (AvgIpc) is 2.50. The molecule has 0 bridgehead atoms. The molecule has 0 saturated carbocycles. The summed E-state index contributed by atoms with van der Waals surface area (Å²) in [5, 5.41) is 19.7. The second-order valence-corrected chi connectivity index (χ2v) is 5.16. The van der Waals surface area contributed by atoms with Crippen molar-refractivity contribution in [3.05, 3.63) is 29.8 Å². The Labute approximate surface area is 107 Å². The van der Waals surface area contributed by atoms with E-state index in [2.05, 4.69) is 0 Å². The van der Waals surface area contributed by atoms with Gasteiger partial charge >= 0.3 is 0 Å². The van der Waals surface area contributed by atoms with Gasteiger partial charge in [0.2, 0.25) is 0 Å². The summed E-state index contributed by atoms with van der Waals surface area (Å²) in [7, 11) is 0. The Hall–Kier alpha value is -1.55. The lowest BCUT2D eigenvalue weighted by atomic mass is 9.98. The molecule has 18 heavy (non-hydrogen) atoms. The quantitative estimate of drug-likeness (QED) is 0.797. The third kappa shape index (κ3) is 2.82. The Bertz CT molecular complexity index is 442. The summed E-state index contributed by atoms with van der Waals surface area (Å²) in [6, 6.07) is 6.57. The Morgan fingerprint density at radius 3 is 2.72 bits per heavy atom. The first-order valence-electron chi connectivity index (χ1n) is 6.29. The summed E-state index contributed by atoms with van der Waals surface area (Å²) in [6.07, 6.45) is 2.07. The van der Waals surface area contributed by atoms with E-state index in [1.54, 1.807) is 30.0 Å². The van der Waals surface area contributed by atoms with Crippen LogP contribution in [0.2, 0.25) is 0 Å². The largest absolute Gasteiger partial charge is 0.507 e. The van der Waals surface area contributed by atoms with Crippen LogP contribution >= 0.6 is 0 Å². The minimum atomic E-state index is -0.687. The van der Waals surface area contributed by atoms with Gasteiger partial charge in [-0.3, -0.25) is 4.79 Å². The lowest BCUT2D eigenvalue weighted by Crippen LogP contribution is -2.33. The zero-order valence-corrected chi connectivity index (χ0v) is 10.6. The number of nitrogens with zero attached hydrogens (tertiary/aromatic N) is 1.